The highest BCUT2D eigenvalue weighted by molar-refractivity contribution is 7.19. The van der Waals surface area contributed by atoms with Crippen molar-refractivity contribution in [3.05, 3.63) is 0 Å². The summed E-state index contributed by atoms with van der Waals surface area (Å²) in [6, 6.07) is 0. The minimum absolute atomic E-state index is 0.199. The predicted molar refractivity (Wildman–Crippen MR) is 40.4 cm³/mol. The number of rotatable bonds is 1. The van der Waals surface area contributed by atoms with Crippen molar-refractivity contribution in [2.24, 2.45) is 0 Å². The standard InChI is InChI=1S/C6H12NOP/c1-2-7-4-3-5(9)6(7)8/h5H,2-4,9H2,1H3. The number of nitrogens with zero attached hydrogens (tertiary/aromatic N) is 1. The van der Waals surface area contributed by atoms with E-state index in [-0.39, 0.29) is 5.66 Å². The van der Waals surface area contributed by atoms with Gasteiger partial charge in [-0.1, -0.05) is 0 Å². The number of amides is 1. The van der Waals surface area contributed by atoms with Gasteiger partial charge in [0.2, 0.25) is 5.91 Å². The molecule has 2 nitrogen and oxygen atoms in total. The van der Waals surface area contributed by atoms with Crippen LogP contribution in [-0.4, -0.2) is 29.6 Å². The van der Waals surface area contributed by atoms with Gasteiger partial charge in [-0.15, -0.1) is 9.24 Å². The summed E-state index contributed by atoms with van der Waals surface area (Å²) in [6.07, 6.45) is 1.01. The first-order valence-corrected chi connectivity index (χ1v) is 3.96. The third-order valence-corrected chi connectivity index (χ3v) is 2.34. The molecule has 1 heterocycles. The van der Waals surface area contributed by atoms with Crippen LogP contribution in [0.25, 0.3) is 0 Å². The summed E-state index contributed by atoms with van der Waals surface area (Å²) in [7, 11) is 2.57. The summed E-state index contributed by atoms with van der Waals surface area (Å²) < 4.78 is 0. The van der Waals surface area contributed by atoms with Crippen molar-refractivity contribution in [1.82, 2.24) is 4.90 Å². The molecule has 1 aliphatic heterocycles. The third kappa shape index (κ3) is 1.24. The average molecular weight is 145 g/mol. The van der Waals surface area contributed by atoms with Crippen LogP contribution in [0.4, 0.5) is 0 Å². The van der Waals surface area contributed by atoms with Gasteiger partial charge in [-0.25, -0.2) is 0 Å². The molecule has 1 aliphatic rings. The van der Waals surface area contributed by atoms with Crippen molar-refractivity contribution < 1.29 is 4.79 Å². The molecule has 0 aromatic rings. The van der Waals surface area contributed by atoms with Gasteiger partial charge in [-0.2, -0.15) is 0 Å². The maximum Gasteiger partial charge on any atom is 0.229 e. The molecule has 0 aromatic heterocycles. The van der Waals surface area contributed by atoms with E-state index in [1.807, 2.05) is 11.8 Å². The molecule has 0 bridgehead atoms. The Morgan fingerprint density at radius 2 is 2.56 bits per heavy atom. The first-order chi connectivity index (χ1) is 4.25. The number of carbonyl (C=O) groups is 1. The molecule has 1 fully saturated rings. The molecule has 0 aliphatic carbocycles. The highest BCUT2D eigenvalue weighted by Gasteiger charge is 2.26. The summed E-state index contributed by atoms with van der Waals surface area (Å²) >= 11 is 0. The zero-order chi connectivity index (χ0) is 6.85. The maximum absolute atomic E-state index is 11.0. The lowest BCUT2D eigenvalue weighted by atomic mass is 10.4. The van der Waals surface area contributed by atoms with Crippen molar-refractivity contribution in [2.75, 3.05) is 13.1 Å². The summed E-state index contributed by atoms with van der Waals surface area (Å²) in [6.45, 7) is 3.83. The Bertz CT molecular complexity index is 126. The zero-order valence-electron chi connectivity index (χ0n) is 5.63. The van der Waals surface area contributed by atoms with E-state index in [9.17, 15) is 4.79 Å². The van der Waals surface area contributed by atoms with Crippen molar-refractivity contribution >= 4 is 15.1 Å². The number of carbonyl (C=O) groups excluding carboxylic acids is 1. The normalized spacial score (nSPS) is 27.6. The quantitative estimate of drug-likeness (QED) is 0.491. The molecule has 52 valence electrons. The van der Waals surface area contributed by atoms with Crippen LogP contribution >= 0.6 is 9.24 Å². The lowest BCUT2D eigenvalue weighted by Crippen LogP contribution is -2.26. The van der Waals surface area contributed by atoms with E-state index in [1.165, 1.54) is 0 Å². The number of hydrogen-bond acceptors (Lipinski definition) is 1. The lowest BCUT2D eigenvalue weighted by molar-refractivity contribution is -0.127. The SMILES string of the molecule is CCN1CCC(P)C1=O. The molecule has 2 atom stereocenters. The number of likely N-dealkylation sites (tertiary alicyclic amines) is 1. The molecule has 3 heteroatoms. The molecule has 0 radical (unpaired) electrons. The van der Waals surface area contributed by atoms with Crippen molar-refractivity contribution in [1.29, 1.82) is 0 Å². The molecular formula is C6H12NOP. The Hall–Kier alpha value is -0.100. The first-order valence-electron chi connectivity index (χ1n) is 3.30. The monoisotopic (exact) mass is 145 g/mol. The minimum atomic E-state index is 0.199. The molecule has 0 saturated carbocycles. The smallest absolute Gasteiger partial charge is 0.229 e. The summed E-state index contributed by atoms with van der Waals surface area (Å²) in [5, 5.41) is 0. The molecule has 1 rings (SSSR count). The number of hydrogen-bond donors (Lipinski definition) is 0. The Kier molecular flexibility index (Phi) is 2.07. The van der Waals surface area contributed by atoms with E-state index in [1.54, 1.807) is 0 Å². The van der Waals surface area contributed by atoms with Crippen LogP contribution in [0.15, 0.2) is 0 Å². The molecule has 0 N–H and O–H groups in total. The second kappa shape index (κ2) is 2.66. The summed E-state index contributed by atoms with van der Waals surface area (Å²) in [5.74, 6) is 0.294. The van der Waals surface area contributed by atoms with Crippen LogP contribution in [0.3, 0.4) is 0 Å². The Morgan fingerprint density at radius 3 is 2.78 bits per heavy atom. The van der Waals surface area contributed by atoms with E-state index >= 15 is 0 Å². The predicted octanol–water partition coefficient (Wildman–Crippen LogP) is 0.482. The molecule has 9 heavy (non-hydrogen) atoms. The molecule has 0 spiro atoms. The second-order valence-corrected chi connectivity index (χ2v) is 3.12. The van der Waals surface area contributed by atoms with Gasteiger partial charge in [-0.05, 0) is 13.3 Å². The Morgan fingerprint density at radius 1 is 1.89 bits per heavy atom. The molecule has 2 unspecified atom stereocenters. The molecule has 0 aromatic carbocycles. The van der Waals surface area contributed by atoms with E-state index in [0.29, 0.717) is 5.91 Å². The lowest BCUT2D eigenvalue weighted by Gasteiger charge is -2.11. The van der Waals surface area contributed by atoms with Crippen LogP contribution in [-0.2, 0) is 4.79 Å². The fourth-order valence-electron chi connectivity index (χ4n) is 1.08. The van der Waals surface area contributed by atoms with Gasteiger partial charge in [0.05, 0.1) is 5.66 Å². The fraction of sp³-hybridized carbons (Fsp3) is 0.833. The van der Waals surface area contributed by atoms with Gasteiger partial charge in [0, 0.05) is 13.1 Å². The highest BCUT2D eigenvalue weighted by Crippen LogP contribution is 2.17. The Balaban J connectivity index is 2.51. The van der Waals surface area contributed by atoms with Gasteiger partial charge >= 0.3 is 0 Å². The first kappa shape index (κ1) is 7.01. The van der Waals surface area contributed by atoms with Crippen LogP contribution in [0.1, 0.15) is 13.3 Å². The maximum atomic E-state index is 11.0. The molecule has 1 saturated heterocycles. The fourth-order valence-corrected chi connectivity index (χ4v) is 1.44. The van der Waals surface area contributed by atoms with Gasteiger partial charge in [0.1, 0.15) is 0 Å². The van der Waals surface area contributed by atoms with Gasteiger partial charge in [0.15, 0.2) is 0 Å². The summed E-state index contributed by atoms with van der Waals surface area (Å²) in [5.41, 5.74) is 0.199. The van der Waals surface area contributed by atoms with E-state index in [4.69, 9.17) is 0 Å². The van der Waals surface area contributed by atoms with Crippen LogP contribution in [0.5, 0.6) is 0 Å². The minimum Gasteiger partial charge on any atom is -0.342 e. The van der Waals surface area contributed by atoms with Gasteiger partial charge < -0.3 is 4.90 Å². The van der Waals surface area contributed by atoms with Crippen LogP contribution < -0.4 is 0 Å². The largest absolute Gasteiger partial charge is 0.342 e. The second-order valence-electron chi connectivity index (χ2n) is 2.31. The van der Waals surface area contributed by atoms with E-state index in [2.05, 4.69) is 9.24 Å². The van der Waals surface area contributed by atoms with Crippen LogP contribution in [0.2, 0.25) is 0 Å². The Labute approximate surface area is 57.8 Å². The highest BCUT2D eigenvalue weighted by atomic mass is 31.0. The van der Waals surface area contributed by atoms with Crippen LogP contribution in [0, 0.1) is 0 Å². The summed E-state index contributed by atoms with van der Waals surface area (Å²) in [4.78, 5) is 12.9. The van der Waals surface area contributed by atoms with Crippen molar-refractivity contribution in [2.45, 2.75) is 19.0 Å². The average Bonchev–Trinajstić information content (AvgIpc) is 2.15. The van der Waals surface area contributed by atoms with Gasteiger partial charge in [0.25, 0.3) is 0 Å². The van der Waals surface area contributed by atoms with E-state index in [0.717, 1.165) is 19.5 Å². The van der Waals surface area contributed by atoms with E-state index < -0.39 is 0 Å². The third-order valence-electron chi connectivity index (χ3n) is 1.72. The van der Waals surface area contributed by atoms with Gasteiger partial charge in [-0.3, -0.25) is 4.79 Å². The van der Waals surface area contributed by atoms with Crippen molar-refractivity contribution in [3.63, 3.8) is 0 Å². The van der Waals surface area contributed by atoms with Crippen molar-refractivity contribution in [3.8, 4) is 0 Å². The topological polar surface area (TPSA) is 20.3 Å². The molecule has 1 amide bonds. The zero-order valence-corrected chi connectivity index (χ0v) is 6.79. The molecular weight excluding hydrogens is 133 g/mol.